The monoisotopic (exact) mass is 323 g/mol. The topological polar surface area (TPSA) is 20.3 Å². The highest BCUT2D eigenvalue weighted by molar-refractivity contribution is 9.10. The number of nitrogens with zero attached hydrogens (tertiary/aromatic N) is 1. The second kappa shape index (κ2) is 6.67. The molecule has 0 amide bonds. The van der Waals surface area contributed by atoms with E-state index in [4.69, 9.17) is 0 Å². The van der Waals surface area contributed by atoms with Crippen LogP contribution in [0.5, 0.6) is 0 Å². The molecule has 2 rings (SSSR count). The summed E-state index contributed by atoms with van der Waals surface area (Å²) in [6.07, 6.45) is 3.18. The lowest BCUT2D eigenvalue weighted by atomic mass is 9.92. The zero-order valence-electron chi connectivity index (χ0n) is 11.7. The number of piperidine rings is 1. The minimum atomic E-state index is 0.234. The highest BCUT2D eigenvalue weighted by atomic mass is 79.9. The van der Waals surface area contributed by atoms with Crippen LogP contribution in [0, 0.1) is 5.92 Å². The zero-order chi connectivity index (χ0) is 13.8. The second-order valence-corrected chi connectivity index (χ2v) is 6.40. The van der Waals surface area contributed by atoms with Gasteiger partial charge in [-0.15, -0.1) is 0 Å². The molecule has 1 aliphatic rings. The van der Waals surface area contributed by atoms with Crippen LogP contribution < -0.4 is 0 Å². The van der Waals surface area contributed by atoms with E-state index in [9.17, 15) is 4.79 Å². The van der Waals surface area contributed by atoms with Crippen molar-refractivity contribution in [3.63, 3.8) is 0 Å². The Labute approximate surface area is 124 Å². The molecule has 1 fully saturated rings. The fraction of sp³-hybridized carbons (Fsp3) is 0.562. The summed E-state index contributed by atoms with van der Waals surface area (Å²) in [5.41, 5.74) is 0.806. The maximum Gasteiger partial charge on any atom is 0.165 e. The Kier molecular flexibility index (Phi) is 5.17. The van der Waals surface area contributed by atoms with E-state index in [-0.39, 0.29) is 5.78 Å². The molecule has 2 unspecified atom stereocenters. The quantitative estimate of drug-likeness (QED) is 0.776. The Balaban J connectivity index is 1.92. The fourth-order valence-corrected chi connectivity index (χ4v) is 3.31. The first-order valence-corrected chi connectivity index (χ1v) is 7.90. The third-order valence-corrected chi connectivity index (χ3v) is 5.00. The van der Waals surface area contributed by atoms with E-state index in [1.807, 2.05) is 24.3 Å². The Hall–Kier alpha value is -0.670. The second-order valence-electron chi connectivity index (χ2n) is 5.55. The first-order valence-electron chi connectivity index (χ1n) is 7.11. The number of likely N-dealkylation sites (tertiary alicyclic amines) is 1. The van der Waals surface area contributed by atoms with Crippen LogP contribution in [0.25, 0.3) is 0 Å². The van der Waals surface area contributed by atoms with E-state index in [0.29, 0.717) is 12.5 Å². The van der Waals surface area contributed by atoms with Crippen LogP contribution >= 0.6 is 15.9 Å². The van der Waals surface area contributed by atoms with Crippen LogP contribution in [-0.4, -0.2) is 29.8 Å². The molecule has 2 atom stereocenters. The molecule has 0 saturated carbocycles. The molecule has 104 valence electrons. The van der Waals surface area contributed by atoms with E-state index in [1.165, 1.54) is 12.8 Å². The van der Waals surface area contributed by atoms with Gasteiger partial charge in [-0.05, 0) is 38.3 Å². The maximum absolute atomic E-state index is 12.2. The van der Waals surface area contributed by atoms with Gasteiger partial charge in [-0.2, -0.15) is 0 Å². The average Bonchev–Trinajstić information content (AvgIpc) is 2.40. The number of rotatable bonds is 4. The minimum absolute atomic E-state index is 0.234. The van der Waals surface area contributed by atoms with Gasteiger partial charge in [0.15, 0.2) is 5.78 Å². The molecule has 0 radical (unpaired) electrons. The Bertz CT molecular complexity index is 446. The number of carbonyl (C=O) groups excluding carboxylic acids is 1. The van der Waals surface area contributed by atoms with Crippen molar-refractivity contribution < 1.29 is 4.79 Å². The molecule has 1 aromatic carbocycles. The van der Waals surface area contributed by atoms with Gasteiger partial charge in [-0.25, -0.2) is 0 Å². The van der Waals surface area contributed by atoms with E-state index in [2.05, 4.69) is 34.7 Å². The lowest BCUT2D eigenvalue weighted by Crippen LogP contribution is -2.43. The summed E-state index contributed by atoms with van der Waals surface area (Å²) in [7, 11) is 0. The van der Waals surface area contributed by atoms with Crippen molar-refractivity contribution in [3.8, 4) is 0 Å². The molecule has 19 heavy (non-hydrogen) atoms. The van der Waals surface area contributed by atoms with Gasteiger partial charge in [0.05, 0.1) is 0 Å². The predicted molar refractivity (Wildman–Crippen MR) is 82.5 cm³/mol. The van der Waals surface area contributed by atoms with Crippen molar-refractivity contribution in [2.45, 2.75) is 39.2 Å². The van der Waals surface area contributed by atoms with Gasteiger partial charge in [-0.3, -0.25) is 9.69 Å². The van der Waals surface area contributed by atoms with Gasteiger partial charge in [0, 0.05) is 29.0 Å². The lowest BCUT2D eigenvalue weighted by molar-refractivity contribution is 0.0877. The SMILES string of the molecule is CC1CCCN(CCC(=O)c2ccccc2Br)C1C. The van der Waals surface area contributed by atoms with Crippen LogP contribution in [0.2, 0.25) is 0 Å². The number of benzene rings is 1. The van der Waals surface area contributed by atoms with Gasteiger partial charge in [0.1, 0.15) is 0 Å². The Morgan fingerprint density at radius 1 is 1.37 bits per heavy atom. The van der Waals surface area contributed by atoms with Crippen LogP contribution in [0.15, 0.2) is 28.7 Å². The van der Waals surface area contributed by atoms with Crippen LogP contribution in [0.4, 0.5) is 0 Å². The van der Waals surface area contributed by atoms with Crippen LogP contribution in [0.3, 0.4) is 0 Å². The summed E-state index contributed by atoms with van der Waals surface area (Å²) in [6, 6.07) is 8.28. The third kappa shape index (κ3) is 3.67. The molecule has 2 nitrogen and oxygen atoms in total. The van der Waals surface area contributed by atoms with E-state index in [1.54, 1.807) is 0 Å². The number of carbonyl (C=O) groups is 1. The standard InChI is InChI=1S/C16H22BrNO/c1-12-6-5-10-18(13(12)2)11-9-16(19)14-7-3-4-8-15(14)17/h3-4,7-8,12-13H,5-6,9-11H2,1-2H3. The van der Waals surface area contributed by atoms with Crippen molar-refractivity contribution in [1.29, 1.82) is 0 Å². The zero-order valence-corrected chi connectivity index (χ0v) is 13.3. The lowest BCUT2D eigenvalue weighted by Gasteiger charge is -2.37. The van der Waals surface area contributed by atoms with E-state index >= 15 is 0 Å². The van der Waals surface area contributed by atoms with Gasteiger partial charge < -0.3 is 0 Å². The van der Waals surface area contributed by atoms with Crippen molar-refractivity contribution in [2.75, 3.05) is 13.1 Å². The van der Waals surface area contributed by atoms with Gasteiger partial charge >= 0.3 is 0 Å². The van der Waals surface area contributed by atoms with Gasteiger partial charge in [-0.1, -0.05) is 41.1 Å². The molecule has 1 heterocycles. The Morgan fingerprint density at radius 2 is 2.11 bits per heavy atom. The molecule has 1 saturated heterocycles. The molecule has 0 aromatic heterocycles. The molecule has 1 aromatic rings. The third-order valence-electron chi connectivity index (χ3n) is 4.30. The number of Topliss-reactive ketones (excluding diaryl/α,β-unsaturated/α-hetero) is 1. The summed E-state index contributed by atoms with van der Waals surface area (Å²) in [5.74, 6) is 0.977. The molecular weight excluding hydrogens is 302 g/mol. The summed E-state index contributed by atoms with van der Waals surface area (Å²) in [6.45, 7) is 6.61. The van der Waals surface area contributed by atoms with Crippen LogP contribution in [-0.2, 0) is 0 Å². The molecule has 3 heteroatoms. The van der Waals surface area contributed by atoms with E-state index in [0.717, 1.165) is 29.0 Å². The smallest absolute Gasteiger partial charge is 0.165 e. The number of halogens is 1. The minimum Gasteiger partial charge on any atom is -0.300 e. The summed E-state index contributed by atoms with van der Waals surface area (Å²) in [4.78, 5) is 14.7. The first kappa shape index (κ1) is 14.7. The summed E-state index contributed by atoms with van der Waals surface area (Å²) in [5, 5.41) is 0. The molecular formula is C16H22BrNO. The van der Waals surface area contributed by atoms with Crippen molar-refractivity contribution in [3.05, 3.63) is 34.3 Å². The van der Waals surface area contributed by atoms with Gasteiger partial charge in [0.2, 0.25) is 0 Å². The largest absolute Gasteiger partial charge is 0.300 e. The van der Waals surface area contributed by atoms with Gasteiger partial charge in [0.25, 0.3) is 0 Å². The van der Waals surface area contributed by atoms with Crippen molar-refractivity contribution in [2.24, 2.45) is 5.92 Å². The van der Waals surface area contributed by atoms with Crippen LogP contribution in [0.1, 0.15) is 43.5 Å². The van der Waals surface area contributed by atoms with Crippen molar-refractivity contribution >= 4 is 21.7 Å². The Morgan fingerprint density at radius 3 is 2.84 bits per heavy atom. The summed E-state index contributed by atoms with van der Waals surface area (Å²) < 4.78 is 0.903. The predicted octanol–water partition coefficient (Wildman–Crippen LogP) is 4.14. The molecule has 0 N–H and O–H groups in total. The van der Waals surface area contributed by atoms with E-state index < -0.39 is 0 Å². The first-order chi connectivity index (χ1) is 9.09. The number of hydrogen-bond donors (Lipinski definition) is 0. The average molecular weight is 324 g/mol. The molecule has 0 aliphatic carbocycles. The highest BCUT2D eigenvalue weighted by Gasteiger charge is 2.24. The fourth-order valence-electron chi connectivity index (χ4n) is 2.80. The number of ketones is 1. The molecule has 1 aliphatic heterocycles. The summed E-state index contributed by atoms with van der Waals surface area (Å²) >= 11 is 3.45. The maximum atomic E-state index is 12.2. The molecule has 0 spiro atoms. The highest BCUT2D eigenvalue weighted by Crippen LogP contribution is 2.23. The normalized spacial score (nSPS) is 24.4. The number of hydrogen-bond acceptors (Lipinski definition) is 2. The van der Waals surface area contributed by atoms with Crippen molar-refractivity contribution in [1.82, 2.24) is 4.90 Å². The molecule has 0 bridgehead atoms.